The Labute approximate surface area is 192 Å². The van der Waals surface area contributed by atoms with Crippen molar-refractivity contribution in [3.05, 3.63) is 66.0 Å². The van der Waals surface area contributed by atoms with Gasteiger partial charge in [-0.2, -0.15) is 5.10 Å². The van der Waals surface area contributed by atoms with Crippen LogP contribution >= 0.6 is 0 Å². The molecular formula is C24H27N7O2. The van der Waals surface area contributed by atoms with Crippen LogP contribution in [0.3, 0.4) is 0 Å². The summed E-state index contributed by atoms with van der Waals surface area (Å²) in [6, 6.07) is 15.1. The lowest BCUT2D eigenvalue weighted by molar-refractivity contribution is 0.0938. The number of benzene rings is 1. The van der Waals surface area contributed by atoms with Crippen LogP contribution in [0.1, 0.15) is 36.3 Å². The molecule has 2 aliphatic heterocycles. The SMILES string of the molecule is CC(C)NC(=O)c1ccc2c(n1)N(C(=O)Nc1ccn(Cc3ccccc3)n1)[C@H]1CCN2C1. The molecule has 0 unspecified atom stereocenters. The van der Waals surface area contributed by atoms with E-state index < -0.39 is 0 Å². The first kappa shape index (κ1) is 21.0. The highest BCUT2D eigenvalue weighted by Crippen LogP contribution is 2.39. The van der Waals surface area contributed by atoms with Crippen molar-refractivity contribution in [2.75, 3.05) is 28.2 Å². The number of pyridine rings is 1. The predicted octanol–water partition coefficient (Wildman–Crippen LogP) is 3.10. The maximum atomic E-state index is 13.4. The molecule has 2 bridgehead atoms. The van der Waals surface area contributed by atoms with E-state index in [0.717, 1.165) is 30.8 Å². The summed E-state index contributed by atoms with van der Waals surface area (Å²) in [6.45, 7) is 6.03. The van der Waals surface area contributed by atoms with Crippen LogP contribution < -0.4 is 20.4 Å². The third kappa shape index (κ3) is 4.26. The molecule has 0 saturated carbocycles. The molecule has 1 saturated heterocycles. The minimum absolute atomic E-state index is 0.000172. The van der Waals surface area contributed by atoms with Crippen molar-refractivity contribution in [2.24, 2.45) is 0 Å². The van der Waals surface area contributed by atoms with Crippen LogP contribution in [-0.2, 0) is 6.54 Å². The van der Waals surface area contributed by atoms with Crippen molar-refractivity contribution < 1.29 is 9.59 Å². The zero-order chi connectivity index (χ0) is 22.9. The van der Waals surface area contributed by atoms with Gasteiger partial charge in [-0.1, -0.05) is 30.3 Å². The van der Waals surface area contributed by atoms with E-state index in [4.69, 9.17) is 0 Å². The van der Waals surface area contributed by atoms with Gasteiger partial charge in [0.05, 0.1) is 18.3 Å². The van der Waals surface area contributed by atoms with Gasteiger partial charge in [-0.25, -0.2) is 9.78 Å². The Morgan fingerprint density at radius 2 is 1.94 bits per heavy atom. The molecule has 170 valence electrons. The Hall–Kier alpha value is -3.88. The van der Waals surface area contributed by atoms with Crippen molar-refractivity contribution in [3.8, 4) is 0 Å². The fraction of sp³-hybridized carbons (Fsp3) is 0.333. The molecule has 0 radical (unpaired) electrons. The van der Waals surface area contributed by atoms with Crippen LogP contribution in [0.25, 0.3) is 0 Å². The maximum Gasteiger partial charge on any atom is 0.329 e. The molecule has 5 rings (SSSR count). The lowest BCUT2D eigenvalue weighted by Crippen LogP contribution is -2.48. The number of hydrogen-bond acceptors (Lipinski definition) is 5. The van der Waals surface area contributed by atoms with E-state index >= 15 is 0 Å². The van der Waals surface area contributed by atoms with Crippen molar-refractivity contribution in [1.82, 2.24) is 20.1 Å². The van der Waals surface area contributed by atoms with E-state index in [-0.39, 0.29) is 24.0 Å². The van der Waals surface area contributed by atoms with Gasteiger partial charge in [0.2, 0.25) is 0 Å². The summed E-state index contributed by atoms with van der Waals surface area (Å²) in [6.07, 6.45) is 2.69. The molecule has 1 aromatic carbocycles. The summed E-state index contributed by atoms with van der Waals surface area (Å²) in [7, 11) is 0. The van der Waals surface area contributed by atoms with Gasteiger partial charge in [-0.15, -0.1) is 0 Å². The third-order valence-electron chi connectivity index (χ3n) is 5.89. The van der Waals surface area contributed by atoms with E-state index in [1.165, 1.54) is 0 Å². The molecule has 3 amide bonds. The highest BCUT2D eigenvalue weighted by atomic mass is 16.2. The first-order valence-electron chi connectivity index (χ1n) is 11.2. The topological polar surface area (TPSA) is 95.4 Å². The van der Waals surface area contributed by atoms with Crippen molar-refractivity contribution in [3.63, 3.8) is 0 Å². The number of hydrogen-bond donors (Lipinski definition) is 2. The normalized spacial score (nSPS) is 16.6. The first-order valence-corrected chi connectivity index (χ1v) is 11.2. The molecule has 2 aliphatic rings. The van der Waals surface area contributed by atoms with Crippen LogP contribution in [0.2, 0.25) is 0 Å². The first-order chi connectivity index (χ1) is 16.0. The zero-order valence-corrected chi connectivity index (χ0v) is 18.7. The largest absolute Gasteiger partial charge is 0.366 e. The number of amides is 3. The van der Waals surface area contributed by atoms with E-state index in [9.17, 15) is 9.59 Å². The van der Waals surface area contributed by atoms with Gasteiger partial charge in [-0.05, 0) is 38.0 Å². The second-order valence-electron chi connectivity index (χ2n) is 8.74. The zero-order valence-electron chi connectivity index (χ0n) is 18.7. The highest BCUT2D eigenvalue weighted by molar-refractivity contribution is 6.05. The van der Waals surface area contributed by atoms with Gasteiger partial charge in [0.15, 0.2) is 11.6 Å². The Morgan fingerprint density at radius 1 is 1.12 bits per heavy atom. The molecule has 0 spiro atoms. The molecule has 33 heavy (non-hydrogen) atoms. The van der Waals surface area contributed by atoms with Gasteiger partial charge in [0, 0.05) is 31.4 Å². The molecule has 3 aromatic rings. The molecule has 4 heterocycles. The minimum atomic E-state index is -0.290. The second-order valence-corrected chi connectivity index (χ2v) is 8.74. The average molecular weight is 446 g/mol. The molecule has 1 fully saturated rings. The van der Waals surface area contributed by atoms with Crippen LogP contribution in [-0.4, -0.2) is 51.9 Å². The second kappa shape index (κ2) is 8.57. The molecule has 9 nitrogen and oxygen atoms in total. The maximum absolute atomic E-state index is 13.4. The van der Waals surface area contributed by atoms with Crippen molar-refractivity contribution >= 4 is 29.3 Å². The summed E-state index contributed by atoms with van der Waals surface area (Å²) in [4.78, 5) is 34.4. The minimum Gasteiger partial charge on any atom is -0.366 e. The molecule has 1 atom stereocenters. The summed E-state index contributed by atoms with van der Waals surface area (Å²) in [5.74, 6) is 0.744. The number of urea groups is 1. The average Bonchev–Trinajstić information content (AvgIpc) is 3.41. The van der Waals surface area contributed by atoms with E-state index in [0.29, 0.717) is 23.9 Å². The number of rotatable bonds is 5. The molecule has 9 heteroatoms. The lowest BCUT2D eigenvalue weighted by atomic mass is 10.1. The van der Waals surface area contributed by atoms with E-state index in [1.807, 2.05) is 56.4 Å². The number of nitrogens with one attached hydrogen (secondary N) is 2. The summed E-state index contributed by atoms with van der Waals surface area (Å²) < 4.78 is 1.79. The fourth-order valence-corrected chi connectivity index (χ4v) is 4.39. The standard InChI is InChI=1S/C24H27N7O2/c1-16(2)25-23(32)19-8-9-20-22(26-19)31(18-10-12-29(20)15-18)24(33)27-21-11-13-30(28-21)14-17-6-4-3-5-7-17/h3-9,11,13,16,18H,10,12,14-15H2,1-2H3,(H,25,32)(H,27,28,33)/t18-/m0/s1. The van der Waals surface area contributed by atoms with Crippen LogP contribution in [0.15, 0.2) is 54.7 Å². The fourth-order valence-electron chi connectivity index (χ4n) is 4.39. The van der Waals surface area contributed by atoms with E-state index in [2.05, 4.69) is 25.6 Å². The van der Waals surface area contributed by atoms with Gasteiger partial charge >= 0.3 is 6.03 Å². The quantitative estimate of drug-likeness (QED) is 0.629. The Morgan fingerprint density at radius 3 is 2.73 bits per heavy atom. The summed E-state index contributed by atoms with van der Waals surface area (Å²) >= 11 is 0. The van der Waals surface area contributed by atoms with Gasteiger partial charge < -0.3 is 10.2 Å². The number of carbonyl (C=O) groups excluding carboxylic acids is 2. The summed E-state index contributed by atoms with van der Waals surface area (Å²) in [5.41, 5.74) is 2.30. The number of aromatic nitrogens is 3. The number of anilines is 3. The molecule has 0 aliphatic carbocycles. The molecular weight excluding hydrogens is 418 g/mol. The Balaban J connectivity index is 1.37. The van der Waals surface area contributed by atoms with Crippen LogP contribution in [0.4, 0.5) is 22.1 Å². The summed E-state index contributed by atoms with van der Waals surface area (Å²) in [5, 5.41) is 10.3. The van der Waals surface area contributed by atoms with Crippen LogP contribution in [0.5, 0.6) is 0 Å². The van der Waals surface area contributed by atoms with Crippen molar-refractivity contribution in [2.45, 2.75) is 38.9 Å². The number of fused-ring (bicyclic) bond motifs is 4. The smallest absolute Gasteiger partial charge is 0.329 e. The number of carbonyl (C=O) groups is 2. The van der Waals surface area contributed by atoms with Gasteiger partial charge in [0.25, 0.3) is 5.91 Å². The third-order valence-corrected chi connectivity index (χ3v) is 5.89. The monoisotopic (exact) mass is 445 g/mol. The predicted molar refractivity (Wildman–Crippen MR) is 127 cm³/mol. The lowest BCUT2D eigenvalue weighted by Gasteiger charge is -2.35. The Bertz CT molecular complexity index is 1170. The van der Waals surface area contributed by atoms with Crippen molar-refractivity contribution in [1.29, 1.82) is 0 Å². The van der Waals surface area contributed by atoms with Gasteiger partial charge in [-0.3, -0.25) is 19.7 Å². The van der Waals surface area contributed by atoms with E-state index in [1.54, 1.807) is 21.7 Å². The molecule has 2 N–H and O–H groups in total. The Kier molecular flexibility index (Phi) is 5.45. The van der Waals surface area contributed by atoms with Crippen LogP contribution in [0, 0.1) is 0 Å². The highest BCUT2D eigenvalue weighted by Gasteiger charge is 2.40. The number of nitrogens with zero attached hydrogens (tertiary/aromatic N) is 5. The molecule has 2 aromatic heterocycles. The van der Waals surface area contributed by atoms with Gasteiger partial charge in [0.1, 0.15) is 5.69 Å².